The summed E-state index contributed by atoms with van der Waals surface area (Å²) >= 11 is 0. The van der Waals surface area contributed by atoms with Crippen LogP contribution in [0.4, 0.5) is 5.82 Å². The third-order valence-electron chi connectivity index (χ3n) is 3.23. The van der Waals surface area contributed by atoms with Gasteiger partial charge in [0.2, 0.25) is 5.91 Å². The molecule has 1 aliphatic heterocycles. The fraction of sp³-hybridized carbons (Fsp3) is 0.538. The van der Waals surface area contributed by atoms with Crippen LogP contribution >= 0.6 is 0 Å². The smallest absolute Gasteiger partial charge is 0.228 e. The standard InChI is InChI=1S/C13H17N5O/c1-9(2)11-4-3-5-12(16-11)18-8-10(6-13(18)19)7-15-17-14/h3-5,9-10H,6-8H2,1-2H3. The first kappa shape index (κ1) is 13.4. The van der Waals surface area contributed by atoms with Crippen molar-refractivity contribution in [2.45, 2.75) is 26.2 Å². The van der Waals surface area contributed by atoms with Crippen molar-refractivity contribution < 1.29 is 4.79 Å². The monoisotopic (exact) mass is 259 g/mol. The van der Waals surface area contributed by atoms with Crippen LogP contribution in [0, 0.1) is 5.92 Å². The molecule has 1 saturated heterocycles. The van der Waals surface area contributed by atoms with Crippen molar-refractivity contribution in [3.63, 3.8) is 0 Å². The summed E-state index contributed by atoms with van der Waals surface area (Å²) in [4.78, 5) is 20.9. The number of carbonyl (C=O) groups excluding carboxylic acids is 1. The summed E-state index contributed by atoms with van der Waals surface area (Å²) in [6.45, 7) is 5.08. The van der Waals surface area contributed by atoms with Gasteiger partial charge >= 0.3 is 0 Å². The highest BCUT2D eigenvalue weighted by atomic mass is 16.2. The van der Waals surface area contributed by atoms with Gasteiger partial charge in [-0.2, -0.15) is 0 Å². The predicted octanol–water partition coefficient (Wildman–Crippen LogP) is 2.87. The van der Waals surface area contributed by atoms with Crippen LogP contribution in [-0.2, 0) is 4.79 Å². The lowest BCUT2D eigenvalue weighted by molar-refractivity contribution is -0.117. The molecular formula is C13H17N5O. The first-order chi connectivity index (χ1) is 9.11. The topological polar surface area (TPSA) is 82.0 Å². The van der Waals surface area contributed by atoms with Crippen molar-refractivity contribution >= 4 is 11.7 Å². The molecule has 100 valence electrons. The highest BCUT2D eigenvalue weighted by Gasteiger charge is 2.30. The summed E-state index contributed by atoms with van der Waals surface area (Å²) in [6, 6.07) is 5.73. The number of rotatable bonds is 4. The Morgan fingerprint density at radius 2 is 2.37 bits per heavy atom. The van der Waals surface area contributed by atoms with Gasteiger partial charge in [-0.1, -0.05) is 25.0 Å². The van der Waals surface area contributed by atoms with Crippen LogP contribution in [0.3, 0.4) is 0 Å². The van der Waals surface area contributed by atoms with Gasteiger partial charge in [0, 0.05) is 30.1 Å². The number of hydrogen-bond acceptors (Lipinski definition) is 3. The van der Waals surface area contributed by atoms with E-state index in [0.29, 0.717) is 31.2 Å². The zero-order valence-electron chi connectivity index (χ0n) is 11.2. The van der Waals surface area contributed by atoms with Crippen LogP contribution in [0.2, 0.25) is 0 Å². The zero-order chi connectivity index (χ0) is 13.8. The molecule has 0 spiro atoms. The molecule has 0 aromatic carbocycles. The van der Waals surface area contributed by atoms with E-state index in [1.807, 2.05) is 18.2 Å². The van der Waals surface area contributed by atoms with Crippen LogP contribution in [0.1, 0.15) is 31.9 Å². The minimum atomic E-state index is 0.0477. The van der Waals surface area contributed by atoms with E-state index in [1.165, 1.54) is 0 Å². The molecule has 0 aliphatic carbocycles. The highest BCUT2D eigenvalue weighted by Crippen LogP contribution is 2.25. The average Bonchev–Trinajstić information content (AvgIpc) is 2.77. The largest absolute Gasteiger partial charge is 0.297 e. The summed E-state index contributed by atoms with van der Waals surface area (Å²) in [5.41, 5.74) is 9.30. The van der Waals surface area contributed by atoms with E-state index in [1.54, 1.807) is 4.90 Å². The minimum absolute atomic E-state index is 0.0477. The van der Waals surface area contributed by atoms with Gasteiger partial charge in [0.05, 0.1) is 0 Å². The van der Waals surface area contributed by atoms with E-state index in [9.17, 15) is 4.79 Å². The Hall–Kier alpha value is -2.07. The van der Waals surface area contributed by atoms with Crippen molar-refractivity contribution in [3.05, 3.63) is 34.3 Å². The SMILES string of the molecule is CC(C)c1cccc(N2CC(CN=[N+]=[N-])CC2=O)n1. The van der Waals surface area contributed by atoms with E-state index in [2.05, 4.69) is 28.9 Å². The Balaban J connectivity index is 2.15. The fourth-order valence-electron chi connectivity index (χ4n) is 2.19. The summed E-state index contributed by atoms with van der Waals surface area (Å²) in [7, 11) is 0. The molecule has 6 nitrogen and oxygen atoms in total. The number of amides is 1. The number of carbonyl (C=O) groups is 1. The zero-order valence-corrected chi connectivity index (χ0v) is 11.2. The maximum Gasteiger partial charge on any atom is 0.228 e. The molecule has 2 heterocycles. The second kappa shape index (κ2) is 5.71. The first-order valence-electron chi connectivity index (χ1n) is 6.40. The van der Waals surface area contributed by atoms with Crippen molar-refractivity contribution in [3.8, 4) is 0 Å². The van der Waals surface area contributed by atoms with E-state index in [0.717, 1.165) is 5.69 Å². The molecule has 1 aromatic rings. The lowest BCUT2D eigenvalue weighted by atomic mass is 10.1. The number of aromatic nitrogens is 1. The van der Waals surface area contributed by atoms with Crippen LogP contribution < -0.4 is 4.90 Å². The Kier molecular flexibility index (Phi) is 4.02. The van der Waals surface area contributed by atoms with Crippen molar-refractivity contribution in [1.82, 2.24) is 4.98 Å². The Morgan fingerprint density at radius 1 is 1.58 bits per heavy atom. The summed E-state index contributed by atoms with van der Waals surface area (Å²) in [5.74, 6) is 1.16. The lowest BCUT2D eigenvalue weighted by Crippen LogP contribution is -2.26. The second-order valence-electron chi connectivity index (χ2n) is 5.06. The Bertz CT molecular complexity index is 522. The molecule has 6 heteroatoms. The van der Waals surface area contributed by atoms with Gasteiger partial charge in [-0.3, -0.25) is 9.69 Å². The minimum Gasteiger partial charge on any atom is -0.297 e. The van der Waals surface area contributed by atoms with Crippen LogP contribution in [0.5, 0.6) is 0 Å². The molecule has 2 rings (SSSR count). The third-order valence-corrected chi connectivity index (χ3v) is 3.23. The molecule has 1 atom stereocenters. The van der Waals surface area contributed by atoms with Crippen molar-refractivity contribution in [2.75, 3.05) is 18.0 Å². The highest BCUT2D eigenvalue weighted by molar-refractivity contribution is 5.94. The van der Waals surface area contributed by atoms with Crippen molar-refractivity contribution in [1.29, 1.82) is 0 Å². The van der Waals surface area contributed by atoms with Gasteiger partial charge in [-0.15, -0.1) is 0 Å². The summed E-state index contributed by atoms with van der Waals surface area (Å²) in [6.07, 6.45) is 0.423. The maximum atomic E-state index is 12.0. The molecule has 1 amide bonds. The predicted molar refractivity (Wildman–Crippen MR) is 72.8 cm³/mol. The van der Waals surface area contributed by atoms with Gasteiger partial charge in [-0.25, -0.2) is 4.98 Å². The Morgan fingerprint density at radius 3 is 3.05 bits per heavy atom. The third kappa shape index (κ3) is 3.03. The van der Waals surface area contributed by atoms with Gasteiger partial charge in [0.1, 0.15) is 5.82 Å². The van der Waals surface area contributed by atoms with E-state index >= 15 is 0 Å². The molecule has 0 saturated carbocycles. The maximum absolute atomic E-state index is 12.0. The van der Waals surface area contributed by atoms with E-state index in [-0.39, 0.29) is 11.8 Å². The molecule has 1 unspecified atom stereocenters. The van der Waals surface area contributed by atoms with E-state index in [4.69, 9.17) is 5.53 Å². The second-order valence-corrected chi connectivity index (χ2v) is 5.06. The lowest BCUT2D eigenvalue weighted by Gasteiger charge is -2.17. The van der Waals surface area contributed by atoms with Crippen LogP contribution in [-0.4, -0.2) is 24.0 Å². The van der Waals surface area contributed by atoms with Crippen LogP contribution in [0.25, 0.3) is 10.4 Å². The summed E-state index contributed by atoms with van der Waals surface area (Å²) in [5, 5.41) is 3.54. The number of hydrogen-bond donors (Lipinski definition) is 0. The molecule has 0 bridgehead atoms. The summed E-state index contributed by atoms with van der Waals surface area (Å²) < 4.78 is 0. The Labute approximate surface area is 112 Å². The average molecular weight is 259 g/mol. The fourth-order valence-corrected chi connectivity index (χ4v) is 2.19. The van der Waals surface area contributed by atoms with Crippen molar-refractivity contribution in [2.24, 2.45) is 11.0 Å². The molecule has 1 fully saturated rings. The molecule has 19 heavy (non-hydrogen) atoms. The van der Waals surface area contributed by atoms with Gasteiger partial charge in [0.15, 0.2) is 0 Å². The van der Waals surface area contributed by atoms with Crippen LogP contribution in [0.15, 0.2) is 23.3 Å². The molecule has 1 aromatic heterocycles. The molecule has 0 N–H and O–H groups in total. The quantitative estimate of drug-likeness (QED) is 0.473. The molecule has 0 radical (unpaired) electrons. The molecular weight excluding hydrogens is 242 g/mol. The first-order valence-corrected chi connectivity index (χ1v) is 6.40. The number of anilines is 1. The number of pyridine rings is 1. The normalized spacial score (nSPS) is 18.8. The molecule has 1 aliphatic rings. The number of nitrogens with zero attached hydrogens (tertiary/aromatic N) is 5. The van der Waals surface area contributed by atoms with Gasteiger partial charge in [-0.05, 0) is 29.5 Å². The number of azide groups is 1. The van der Waals surface area contributed by atoms with E-state index < -0.39 is 0 Å². The van der Waals surface area contributed by atoms with Gasteiger partial charge in [0.25, 0.3) is 0 Å². The van der Waals surface area contributed by atoms with Gasteiger partial charge < -0.3 is 0 Å².